The molecule has 3 nitrogen and oxygen atoms in total. The number of hydrogen-bond donors (Lipinski definition) is 1. The van der Waals surface area contributed by atoms with Crippen LogP contribution in [0.4, 0.5) is 0 Å². The number of carboxylic acid groups (broad SMARTS) is 1. The molecule has 1 aromatic carbocycles. The lowest BCUT2D eigenvalue weighted by atomic mass is 10.1. The van der Waals surface area contributed by atoms with Crippen LogP contribution in [-0.4, -0.2) is 17.4 Å². The topological polar surface area (TPSA) is 54.4 Å². The van der Waals surface area contributed by atoms with Gasteiger partial charge in [-0.3, -0.25) is 9.59 Å². The van der Waals surface area contributed by atoms with E-state index in [1.54, 1.807) is 18.2 Å². The Morgan fingerprint density at radius 1 is 1.50 bits per heavy atom. The van der Waals surface area contributed by atoms with Crippen molar-refractivity contribution in [1.29, 1.82) is 0 Å². The van der Waals surface area contributed by atoms with Crippen LogP contribution in [0.15, 0.2) is 24.3 Å². The molecule has 3 heteroatoms. The van der Waals surface area contributed by atoms with Crippen LogP contribution in [0, 0.1) is 5.92 Å². The van der Waals surface area contributed by atoms with Crippen molar-refractivity contribution in [2.75, 3.05) is 0 Å². The predicted molar refractivity (Wildman–Crippen MR) is 50.3 cm³/mol. The molecule has 72 valence electrons. The molecule has 0 aliphatic heterocycles. The number of carbonyl (C=O) groups is 2. The van der Waals surface area contributed by atoms with Crippen molar-refractivity contribution in [2.45, 2.75) is 12.3 Å². The molecule has 1 fully saturated rings. The average molecular weight is 190 g/mol. The zero-order valence-electron chi connectivity index (χ0n) is 7.51. The maximum Gasteiger partial charge on any atom is 0.307 e. The van der Waals surface area contributed by atoms with Crippen molar-refractivity contribution in [3.8, 4) is 0 Å². The summed E-state index contributed by atoms with van der Waals surface area (Å²) in [7, 11) is 0. The lowest BCUT2D eigenvalue weighted by Gasteiger charge is -1.98. The highest BCUT2D eigenvalue weighted by molar-refractivity contribution is 5.77. The second-order valence-corrected chi connectivity index (χ2v) is 3.57. The number of rotatable bonds is 3. The van der Waals surface area contributed by atoms with Crippen LogP contribution in [-0.2, 0) is 4.79 Å². The third kappa shape index (κ3) is 1.53. The van der Waals surface area contributed by atoms with Crippen molar-refractivity contribution in [3.05, 3.63) is 35.4 Å². The van der Waals surface area contributed by atoms with E-state index in [0.29, 0.717) is 12.0 Å². The van der Waals surface area contributed by atoms with E-state index < -0.39 is 5.97 Å². The summed E-state index contributed by atoms with van der Waals surface area (Å²) in [5.74, 6) is -0.893. The summed E-state index contributed by atoms with van der Waals surface area (Å²) in [4.78, 5) is 21.1. The SMILES string of the molecule is O=Cc1cccc([C@H]2C[C@@H]2C(=O)O)c1. The molecule has 1 aliphatic rings. The quantitative estimate of drug-likeness (QED) is 0.738. The number of benzene rings is 1. The molecule has 2 atom stereocenters. The van der Waals surface area contributed by atoms with Crippen molar-refractivity contribution >= 4 is 12.3 Å². The molecule has 1 saturated carbocycles. The molecule has 0 bridgehead atoms. The third-order valence-electron chi connectivity index (χ3n) is 2.58. The van der Waals surface area contributed by atoms with E-state index in [1.165, 1.54) is 0 Å². The maximum absolute atomic E-state index is 10.6. The molecular formula is C11H10O3. The van der Waals surface area contributed by atoms with Gasteiger partial charge in [-0.2, -0.15) is 0 Å². The molecule has 14 heavy (non-hydrogen) atoms. The van der Waals surface area contributed by atoms with Crippen LogP contribution < -0.4 is 0 Å². The molecule has 1 N–H and O–H groups in total. The summed E-state index contributed by atoms with van der Waals surface area (Å²) >= 11 is 0. The third-order valence-corrected chi connectivity index (χ3v) is 2.58. The summed E-state index contributed by atoms with van der Waals surface area (Å²) in [6, 6.07) is 7.15. The van der Waals surface area contributed by atoms with Crippen molar-refractivity contribution in [2.24, 2.45) is 5.92 Å². The monoisotopic (exact) mass is 190 g/mol. The molecule has 0 amide bonds. The van der Waals surface area contributed by atoms with Gasteiger partial charge in [0.05, 0.1) is 5.92 Å². The van der Waals surface area contributed by atoms with Crippen LogP contribution in [0.2, 0.25) is 0 Å². The van der Waals surface area contributed by atoms with Crippen LogP contribution in [0.3, 0.4) is 0 Å². The number of aldehydes is 1. The van der Waals surface area contributed by atoms with E-state index in [2.05, 4.69) is 0 Å². The van der Waals surface area contributed by atoms with E-state index in [0.717, 1.165) is 11.8 Å². The number of carbonyl (C=O) groups excluding carboxylic acids is 1. The Hall–Kier alpha value is -1.64. The molecule has 0 saturated heterocycles. The normalized spacial score (nSPS) is 24.3. The molecule has 1 aromatic rings. The molecular weight excluding hydrogens is 180 g/mol. The Morgan fingerprint density at radius 2 is 2.29 bits per heavy atom. The van der Waals surface area contributed by atoms with Gasteiger partial charge in [0, 0.05) is 5.56 Å². The largest absolute Gasteiger partial charge is 0.481 e. The van der Waals surface area contributed by atoms with Crippen LogP contribution in [0.1, 0.15) is 28.3 Å². The molecule has 0 heterocycles. The van der Waals surface area contributed by atoms with Crippen molar-refractivity contribution < 1.29 is 14.7 Å². The first-order valence-corrected chi connectivity index (χ1v) is 4.50. The van der Waals surface area contributed by atoms with Crippen LogP contribution >= 0.6 is 0 Å². The van der Waals surface area contributed by atoms with E-state index >= 15 is 0 Å². The molecule has 0 radical (unpaired) electrons. The van der Waals surface area contributed by atoms with E-state index in [1.807, 2.05) is 6.07 Å². The zero-order valence-corrected chi connectivity index (χ0v) is 7.51. The highest BCUT2D eigenvalue weighted by Crippen LogP contribution is 2.47. The van der Waals surface area contributed by atoms with Crippen molar-refractivity contribution in [1.82, 2.24) is 0 Å². The van der Waals surface area contributed by atoms with Gasteiger partial charge in [-0.1, -0.05) is 18.2 Å². The lowest BCUT2D eigenvalue weighted by Crippen LogP contribution is -1.99. The summed E-state index contributed by atoms with van der Waals surface area (Å²) in [5.41, 5.74) is 1.57. The van der Waals surface area contributed by atoms with Gasteiger partial charge >= 0.3 is 5.97 Å². The molecule has 1 aliphatic carbocycles. The second kappa shape index (κ2) is 3.25. The Balaban J connectivity index is 2.18. The zero-order chi connectivity index (χ0) is 10.1. The molecule has 0 unspecified atom stereocenters. The molecule has 2 rings (SSSR count). The average Bonchev–Trinajstić information content (AvgIpc) is 2.97. The minimum absolute atomic E-state index is 0.104. The first-order valence-electron chi connectivity index (χ1n) is 4.50. The Morgan fingerprint density at radius 3 is 2.86 bits per heavy atom. The highest BCUT2D eigenvalue weighted by Gasteiger charge is 2.44. The van der Waals surface area contributed by atoms with Crippen LogP contribution in [0.25, 0.3) is 0 Å². The second-order valence-electron chi connectivity index (χ2n) is 3.57. The fraction of sp³-hybridized carbons (Fsp3) is 0.273. The standard InChI is InChI=1S/C11H10O3/c12-6-7-2-1-3-8(4-7)9-5-10(9)11(13)14/h1-4,6,9-10H,5H2,(H,13,14)/t9-,10+/m1/s1. The maximum atomic E-state index is 10.6. The van der Waals surface area contributed by atoms with Crippen LogP contribution in [0.5, 0.6) is 0 Å². The molecule has 0 aromatic heterocycles. The van der Waals surface area contributed by atoms with Gasteiger partial charge in [0.25, 0.3) is 0 Å². The summed E-state index contributed by atoms with van der Waals surface area (Å²) in [5, 5.41) is 8.74. The lowest BCUT2D eigenvalue weighted by molar-refractivity contribution is -0.138. The fourth-order valence-corrected chi connectivity index (χ4v) is 1.70. The van der Waals surface area contributed by atoms with Gasteiger partial charge in [-0.15, -0.1) is 0 Å². The van der Waals surface area contributed by atoms with Gasteiger partial charge in [0.2, 0.25) is 0 Å². The smallest absolute Gasteiger partial charge is 0.307 e. The highest BCUT2D eigenvalue weighted by atomic mass is 16.4. The van der Waals surface area contributed by atoms with E-state index in [-0.39, 0.29) is 11.8 Å². The summed E-state index contributed by atoms with van der Waals surface area (Å²) in [6.07, 6.45) is 1.47. The number of hydrogen-bond acceptors (Lipinski definition) is 2. The first kappa shape index (κ1) is 8.94. The Bertz CT molecular complexity index is 384. The Kier molecular flexibility index (Phi) is 2.08. The van der Waals surface area contributed by atoms with Gasteiger partial charge in [0.15, 0.2) is 0 Å². The summed E-state index contributed by atoms with van der Waals surface area (Å²) < 4.78 is 0. The first-order chi connectivity index (χ1) is 6.72. The Labute approximate surface area is 81.4 Å². The van der Waals surface area contributed by atoms with Crippen molar-refractivity contribution in [3.63, 3.8) is 0 Å². The van der Waals surface area contributed by atoms with Gasteiger partial charge in [-0.05, 0) is 24.0 Å². The van der Waals surface area contributed by atoms with Gasteiger partial charge in [0.1, 0.15) is 6.29 Å². The van der Waals surface area contributed by atoms with E-state index in [9.17, 15) is 9.59 Å². The summed E-state index contributed by atoms with van der Waals surface area (Å²) in [6.45, 7) is 0. The van der Waals surface area contributed by atoms with Gasteiger partial charge < -0.3 is 5.11 Å². The fourth-order valence-electron chi connectivity index (χ4n) is 1.70. The van der Waals surface area contributed by atoms with E-state index in [4.69, 9.17) is 5.11 Å². The molecule has 0 spiro atoms. The predicted octanol–water partition coefficient (Wildman–Crippen LogP) is 1.69. The minimum atomic E-state index is -0.744. The number of carboxylic acids is 1. The van der Waals surface area contributed by atoms with Gasteiger partial charge in [-0.25, -0.2) is 0 Å². The minimum Gasteiger partial charge on any atom is -0.481 e. The number of aliphatic carboxylic acids is 1.